The normalized spacial score (nSPS) is 22.3. The molecular formula is C26H32N2O3. The Kier molecular flexibility index (Phi) is 5.72. The van der Waals surface area contributed by atoms with Crippen LogP contribution in [0.15, 0.2) is 36.4 Å². The summed E-state index contributed by atoms with van der Waals surface area (Å²) in [6.07, 6.45) is 6.48. The summed E-state index contributed by atoms with van der Waals surface area (Å²) < 4.78 is 5.49. The molecule has 0 bridgehead atoms. The number of carbonyl (C=O) groups is 1. The third kappa shape index (κ3) is 4.21. The molecule has 2 heterocycles. The van der Waals surface area contributed by atoms with Gasteiger partial charge in [-0.15, -0.1) is 0 Å². The fraction of sp³-hybridized carbons (Fsp3) is 0.500. The van der Waals surface area contributed by atoms with Crippen molar-refractivity contribution in [1.82, 2.24) is 9.80 Å². The highest BCUT2D eigenvalue weighted by Crippen LogP contribution is 2.30. The number of hydrogen-bond donors (Lipinski definition) is 1. The first kappa shape index (κ1) is 20.5. The molecule has 0 aromatic heterocycles. The number of likely N-dealkylation sites (tertiary alicyclic amines) is 1. The molecule has 2 aromatic rings. The second-order valence-corrected chi connectivity index (χ2v) is 9.30. The van der Waals surface area contributed by atoms with Gasteiger partial charge in [-0.1, -0.05) is 18.2 Å². The average molecular weight is 421 g/mol. The average Bonchev–Trinajstić information content (AvgIpc) is 2.79. The molecule has 0 spiro atoms. The standard InChI is InChI=1S/C26H32N2O3/c1-31-24-9-11-27(12-10-24)17-18-2-3-20-15-22(5-4-19(20)14-18)28-13-8-21-16-23(29)6-7-25(21)26(28)30/h2-3,6-7,14,16,22,24,29H,4-5,8-13,15,17H2,1H3. The summed E-state index contributed by atoms with van der Waals surface area (Å²) in [5, 5.41) is 9.71. The number of methoxy groups -OCH3 is 1. The van der Waals surface area contributed by atoms with Gasteiger partial charge < -0.3 is 14.7 Å². The molecule has 2 aromatic carbocycles. The Balaban J connectivity index is 1.24. The molecule has 5 nitrogen and oxygen atoms in total. The lowest BCUT2D eigenvalue weighted by Crippen LogP contribution is -2.47. The van der Waals surface area contributed by atoms with Gasteiger partial charge in [-0.25, -0.2) is 0 Å². The van der Waals surface area contributed by atoms with Gasteiger partial charge in [0, 0.05) is 44.9 Å². The predicted molar refractivity (Wildman–Crippen MR) is 120 cm³/mol. The van der Waals surface area contributed by atoms with Crippen LogP contribution in [-0.2, 0) is 30.5 Å². The number of aromatic hydroxyl groups is 1. The van der Waals surface area contributed by atoms with Crippen LogP contribution < -0.4 is 0 Å². The van der Waals surface area contributed by atoms with Gasteiger partial charge in [0.05, 0.1) is 6.10 Å². The molecule has 1 aliphatic carbocycles. The van der Waals surface area contributed by atoms with Crippen molar-refractivity contribution in [3.63, 3.8) is 0 Å². The zero-order valence-electron chi connectivity index (χ0n) is 18.3. The Morgan fingerprint density at radius 1 is 0.968 bits per heavy atom. The first-order valence-electron chi connectivity index (χ1n) is 11.6. The quantitative estimate of drug-likeness (QED) is 0.822. The van der Waals surface area contributed by atoms with E-state index in [0.29, 0.717) is 6.10 Å². The molecule has 3 aliphatic rings. The number of ether oxygens (including phenoxy) is 1. The largest absolute Gasteiger partial charge is 0.508 e. The number of carbonyl (C=O) groups excluding carboxylic acids is 1. The van der Waals surface area contributed by atoms with Crippen molar-refractivity contribution in [3.8, 4) is 5.75 Å². The van der Waals surface area contributed by atoms with E-state index >= 15 is 0 Å². The monoisotopic (exact) mass is 420 g/mol. The maximum Gasteiger partial charge on any atom is 0.254 e. The Bertz CT molecular complexity index is 965. The summed E-state index contributed by atoms with van der Waals surface area (Å²) in [7, 11) is 1.82. The van der Waals surface area contributed by atoms with Gasteiger partial charge in [-0.2, -0.15) is 0 Å². The van der Waals surface area contributed by atoms with Crippen LogP contribution in [0.2, 0.25) is 0 Å². The molecule has 1 N–H and O–H groups in total. The van der Waals surface area contributed by atoms with Crippen LogP contribution in [0.4, 0.5) is 0 Å². The molecule has 164 valence electrons. The number of hydrogen-bond acceptors (Lipinski definition) is 4. The first-order valence-corrected chi connectivity index (χ1v) is 11.6. The molecular weight excluding hydrogens is 388 g/mol. The van der Waals surface area contributed by atoms with Crippen molar-refractivity contribution in [2.45, 2.75) is 57.2 Å². The summed E-state index contributed by atoms with van der Waals surface area (Å²) in [5.41, 5.74) is 5.97. The molecule has 1 amide bonds. The maximum atomic E-state index is 13.1. The maximum absolute atomic E-state index is 13.1. The number of aryl methyl sites for hydroxylation is 1. The lowest BCUT2D eigenvalue weighted by Gasteiger charge is -2.38. The van der Waals surface area contributed by atoms with Crippen LogP contribution in [0, 0.1) is 0 Å². The van der Waals surface area contributed by atoms with Crippen molar-refractivity contribution in [2.24, 2.45) is 0 Å². The van der Waals surface area contributed by atoms with E-state index in [1.54, 1.807) is 18.2 Å². The fourth-order valence-corrected chi connectivity index (χ4v) is 5.56. The van der Waals surface area contributed by atoms with Crippen molar-refractivity contribution < 1.29 is 14.6 Å². The van der Waals surface area contributed by atoms with Crippen LogP contribution in [0.5, 0.6) is 5.75 Å². The first-order chi connectivity index (χ1) is 15.1. The molecule has 0 radical (unpaired) electrons. The van der Waals surface area contributed by atoms with Gasteiger partial charge in [0.25, 0.3) is 5.91 Å². The van der Waals surface area contributed by atoms with E-state index in [9.17, 15) is 9.90 Å². The Morgan fingerprint density at radius 3 is 2.61 bits per heavy atom. The zero-order chi connectivity index (χ0) is 21.4. The lowest BCUT2D eigenvalue weighted by atomic mass is 9.85. The van der Waals surface area contributed by atoms with E-state index < -0.39 is 0 Å². The SMILES string of the molecule is COC1CCN(Cc2ccc3c(c2)CCC(N2CCc4cc(O)ccc4C2=O)C3)CC1. The van der Waals surface area contributed by atoms with Crippen molar-refractivity contribution in [2.75, 3.05) is 26.7 Å². The van der Waals surface area contributed by atoms with E-state index in [-0.39, 0.29) is 17.7 Å². The van der Waals surface area contributed by atoms with E-state index in [1.165, 1.54) is 16.7 Å². The highest BCUT2D eigenvalue weighted by atomic mass is 16.5. The summed E-state index contributed by atoms with van der Waals surface area (Å²) in [6, 6.07) is 12.4. The number of amides is 1. The molecule has 5 rings (SSSR count). The minimum Gasteiger partial charge on any atom is -0.508 e. The van der Waals surface area contributed by atoms with Crippen LogP contribution >= 0.6 is 0 Å². The highest BCUT2D eigenvalue weighted by Gasteiger charge is 2.32. The Morgan fingerprint density at radius 2 is 1.81 bits per heavy atom. The Labute approximate surface area is 184 Å². The molecule has 2 aliphatic heterocycles. The van der Waals surface area contributed by atoms with Crippen LogP contribution in [0.25, 0.3) is 0 Å². The second kappa shape index (κ2) is 8.64. The van der Waals surface area contributed by atoms with Gasteiger partial charge in [0.15, 0.2) is 0 Å². The number of benzene rings is 2. The molecule has 5 heteroatoms. The molecule has 1 saturated heterocycles. The van der Waals surface area contributed by atoms with Crippen LogP contribution in [0.1, 0.15) is 51.9 Å². The summed E-state index contributed by atoms with van der Waals surface area (Å²) in [5.74, 6) is 0.358. The molecule has 1 unspecified atom stereocenters. The van der Waals surface area contributed by atoms with Gasteiger partial charge in [0.1, 0.15) is 5.75 Å². The van der Waals surface area contributed by atoms with Gasteiger partial charge in [-0.05, 0) is 79.0 Å². The molecule has 31 heavy (non-hydrogen) atoms. The van der Waals surface area contributed by atoms with Crippen molar-refractivity contribution in [1.29, 1.82) is 0 Å². The molecule has 1 fully saturated rings. The van der Waals surface area contributed by atoms with E-state index in [0.717, 1.165) is 75.8 Å². The number of phenols is 1. The summed E-state index contributed by atoms with van der Waals surface area (Å²) in [6.45, 7) is 3.97. The number of fused-ring (bicyclic) bond motifs is 2. The van der Waals surface area contributed by atoms with E-state index in [1.807, 2.05) is 7.11 Å². The smallest absolute Gasteiger partial charge is 0.254 e. The van der Waals surface area contributed by atoms with Crippen molar-refractivity contribution in [3.05, 3.63) is 64.2 Å². The van der Waals surface area contributed by atoms with Crippen LogP contribution in [-0.4, -0.2) is 59.7 Å². The van der Waals surface area contributed by atoms with Gasteiger partial charge in [-0.3, -0.25) is 9.69 Å². The second-order valence-electron chi connectivity index (χ2n) is 9.30. The third-order valence-electron chi connectivity index (χ3n) is 7.39. The van der Waals surface area contributed by atoms with Gasteiger partial charge >= 0.3 is 0 Å². The zero-order valence-corrected chi connectivity index (χ0v) is 18.3. The number of piperidine rings is 1. The molecule has 0 saturated carbocycles. The van der Waals surface area contributed by atoms with Crippen molar-refractivity contribution >= 4 is 5.91 Å². The van der Waals surface area contributed by atoms with Crippen LogP contribution in [0.3, 0.4) is 0 Å². The highest BCUT2D eigenvalue weighted by molar-refractivity contribution is 5.97. The predicted octanol–water partition coefficient (Wildman–Crippen LogP) is 3.56. The fourth-order valence-electron chi connectivity index (χ4n) is 5.56. The molecule has 1 atom stereocenters. The topological polar surface area (TPSA) is 53.0 Å². The third-order valence-corrected chi connectivity index (χ3v) is 7.39. The number of phenolic OH excluding ortho intramolecular Hbond substituents is 1. The lowest BCUT2D eigenvalue weighted by molar-refractivity contribution is 0.0388. The van der Waals surface area contributed by atoms with Gasteiger partial charge in [0.2, 0.25) is 0 Å². The number of rotatable bonds is 4. The van der Waals surface area contributed by atoms with E-state index in [2.05, 4.69) is 28.0 Å². The minimum atomic E-state index is 0.116. The summed E-state index contributed by atoms with van der Waals surface area (Å²) >= 11 is 0. The van der Waals surface area contributed by atoms with E-state index in [4.69, 9.17) is 4.74 Å². The Hall–Kier alpha value is -2.37. The summed E-state index contributed by atoms with van der Waals surface area (Å²) in [4.78, 5) is 17.7. The minimum absolute atomic E-state index is 0.116. The number of nitrogens with zero attached hydrogens (tertiary/aromatic N) is 2.